The highest BCUT2D eigenvalue weighted by Gasteiger charge is 2.18. The van der Waals surface area contributed by atoms with Gasteiger partial charge < -0.3 is 29.6 Å². The number of benzene rings is 1. The van der Waals surface area contributed by atoms with Gasteiger partial charge in [-0.2, -0.15) is 0 Å². The third-order valence-corrected chi connectivity index (χ3v) is 6.10. The number of methoxy groups -OCH3 is 1. The van der Waals surface area contributed by atoms with Crippen molar-refractivity contribution in [3.05, 3.63) is 18.0 Å². The molecule has 3 aromatic rings. The van der Waals surface area contributed by atoms with Gasteiger partial charge in [0.05, 0.1) is 31.4 Å². The molecule has 208 valence electrons. The molecule has 0 unspecified atom stereocenters. The fraction of sp³-hybridized carbons (Fsp3) is 0.615. The molecule has 1 aliphatic rings. The maximum Gasteiger partial charge on any atom is 0.407 e. The van der Waals surface area contributed by atoms with Crippen molar-refractivity contribution in [3.8, 4) is 11.5 Å². The van der Waals surface area contributed by atoms with Crippen LogP contribution >= 0.6 is 0 Å². The zero-order valence-electron chi connectivity index (χ0n) is 23.0. The minimum atomic E-state index is -0.506. The average molecular weight is 530 g/mol. The third kappa shape index (κ3) is 7.13. The normalized spacial score (nSPS) is 14.6. The van der Waals surface area contributed by atoms with E-state index < -0.39 is 11.7 Å². The first-order chi connectivity index (χ1) is 18.2. The van der Waals surface area contributed by atoms with E-state index in [9.17, 15) is 4.79 Å². The van der Waals surface area contributed by atoms with Crippen LogP contribution in [0.25, 0.3) is 16.7 Å². The average Bonchev–Trinajstić information content (AvgIpc) is 3.27. The van der Waals surface area contributed by atoms with E-state index in [1.807, 2.05) is 44.2 Å². The number of carbonyl (C=O) groups excluding carboxylic acids is 1. The predicted molar refractivity (Wildman–Crippen MR) is 144 cm³/mol. The van der Waals surface area contributed by atoms with Crippen LogP contribution in [0.15, 0.2) is 12.1 Å². The van der Waals surface area contributed by atoms with Crippen molar-refractivity contribution in [2.45, 2.75) is 46.1 Å². The molecule has 0 atom stereocenters. The van der Waals surface area contributed by atoms with Crippen LogP contribution in [-0.2, 0) is 9.47 Å². The number of rotatable bonds is 11. The number of nitrogens with one attached hydrogen (secondary N) is 2. The summed E-state index contributed by atoms with van der Waals surface area (Å²) in [5.41, 5.74) is 1.73. The summed E-state index contributed by atoms with van der Waals surface area (Å²) >= 11 is 0. The van der Waals surface area contributed by atoms with Gasteiger partial charge >= 0.3 is 6.09 Å². The summed E-state index contributed by atoms with van der Waals surface area (Å²) in [6.45, 7) is 13.4. The molecule has 0 bridgehead atoms. The first-order valence-corrected chi connectivity index (χ1v) is 13.1. The Balaban J connectivity index is 1.41. The van der Waals surface area contributed by atoms with E-state index in [0.29, 0.717) is 42.7 Å². The summed E-state index contributed by atoms with van der Waals surface area (Å²) in [4.78, 5) is 18.9. The number of alkyl carbamates (subject to hydrolysis) is 1. The Kier molecular flexibility index (Phi) is 9.05. The third-order valence-electron chi connectivity index (χ3n) is 6.10. The minimum Gasteiger partial charge on any atom is -0.493 e. The van der Waals surface area contributed by atoms with Crippen LogP contribution in [0, 0.1) is 6.92 Å². The molecule has 1 aliphatic heterocycles. The number of hydrogen-bond acceptors (Lipinski definition) is 10. The second kappa shape index (κ2) is 12.4. The smallest absolute Gasteiger partial charge is 0.407 e. The number of aromatic nitrogens is 4. The molecule has 12 heteroatoms. The molecule has 1 saturated heterocycles. The lowest BCUT2D eigenvalue weighted by atomic mass is 10.2. The number of amides is 1. The number of hydrogen-bond donors (Lipinski definition) is 2. The number of carbonyl (C=O) groups is 1. The summed E-state index contributed by atoms with van der Waals surface area (Å²) in [5.74, 6) is 2.67. The zero-order valence-corrected chi connectivity index (χ0v) is 23.0. The summed E-state index contributed by atoms with van der Waals surface area (Å²) in [7, 11) is 1.63. The lowest BCUT2D eigenvalue weighted by Gasteiger charge is -2.26. The molecule has 1 fully saturated rings. The largest absolute Gasteiger partial charge is 0.493 e. The number of fused-ring (bicyclic) bond motifs is 3. The molecule has 3 heterocycles. The molecule has 12 nitrogen and oxygen atoms in total. The molecular weight excluding hydrogens is 490 g/mol. The molecule has 0 radical (unpaired) electrons. The van der Waals surface area contributed by atoms with E-state index in [-0.39, 0.29) is 0 Å². The first-order valence-electron chi connectivity index (χ1n) is 13.1. The number of nitrogens with zero attached hydrogens (tertiary/aromatic N) is 5. The number of ether oxygens (including phenoxy) is 4. The fourth-order valence-electron chi connectivity index (χ4n) is 4.24. The SMILES string of the molecule is COc1cc2nc(NCCCCNC(=O)OC(C)(C)C)c3nnc(C)n3c2cc1OCCN1CCOCC1. The Bertz CT molecular complexity index is 1230. The first kappa shape index (κ1) is 27.6. The quantitative estimate of drug-likeness (QED) is 0.358. The van der Waals surface area contributed by atoms with Gasteiger partial charge in [-0.15, -0.1) is 10.2 Å². The minimum absolute atomic E-state index is 0.402. The van der Waals surface area contributed by atoms with Crippen LogP contribution in [0.3, 0.4) is 0 Å². The van der Waals surface area contributed by atoms with Gasteiger partial charge in [0.1, 0.15) is 18.0 Å². The Hall–Kier alpha value is -3.38. The van der Waals surface area contributed by atoms with E-state index in [4.69, 9.17) is 23.9 Å². The lowest BCUT2D eigenvalue weighted by molar-refractivity contribution is 0.0321. The summed E-state index contributed by atoms with van der Waals surface area (Å²) in [6, 6.07) is 3.82. The standard InChI is InChI=1S/C26H39N7O5/c1-18-30-31-24-23(27-8-6-7-9-28-25(34)38-26(2,3)4)29-19-16-21(35-5)22(17-20(19)33(18)24)37-15-12-32-10-13-36-14-11-32/h16-17H,6-15H2,1-5H3,(H,27,29)(H,28,34). The molecule has 1 aromatic carbocycles. The summed E-state index contributed by atoms with van der Waals surface area (Å²) < 4.78 is 24.4. The van der Waals surface area contributed by atoms with E-state index in [1.165, 1.54) is 0 Å². The number of unbranched alkanes of at least 4 members (excludes halogenated alkanes) is 1. The van der Waals surface area contributed by atoms with Gasteiger partial charge in [0.15, 0.2) is 17.3 Å². The number of aryl methyl sites for hydroxylation is 1. The predicted octanol–water partition coefficient (Wildman–Crippen LogP) is 3.02. The van der Waals surface area contributed by atoms with Crippen molar-refractivity contribution in [2.24, 2.45) is 0 Å². The van der Waals surface area contributed by atoms with Gasteiger partial charge in [-0.25, -0.2) is 9.78 Å². The molecule has 2 N–H and O–H groups in total. The number of anilines is 1. The van der Waals surface area contributed by atoms with E-state index in [0.717, 1.165) is 62.5 Å². The second-order valence-electron chi connectivity index (χ2n) is 10.2. The van der Waals surface area contributed by atoms with Crippen molar-refractivity contribution >= 4 is 28.6 Å². The lowest BCUT2D eigenvalue weighted by Crippen LogP contribution is -2.38. The monoisotopic (exact) mass is 529 g/mol. The molecule has 38 heavy (non-hydrogen) atoms. The van der Waals surface area contributed by atoms with Crippen LogP contribution in [0.5, 0.6) is 11.5 Å². The van der Waals surface area contributed by atoms with Gasteiger partial charge in [0, 0.05) is 44.9 Å². The van der Waals surface area contributed by atoms with Crippen molar-refractivity contribution in [3.63, 3.8) is 0 Å². The summed E-state index contributed by atoms with van der Waals surface area (Å²) in [5, 5.41) is 14.8. The molecule has 2 aromatic heterocycles. The zero-order chi connectivity index (χ0) is 27.1. The molecule has 0 aliphatic carbocycles. The van der Waals surface area contributed by atoms with Crippen molar-refractivity contribution in [1.29, 1.82) is 0 Å². The van der Waals surface area contributed by atoms with Gasteiger partial charge in [-0.3, -0.25) is 9.30 Å². The number of morpholine rings is 1. The maximum absolute atomic E-state index is 11.8. The van der Waals surface area contributed by atoms with Gasteiger partial charge in [0.25, 0.3) is 0 Å². The van der Waals surface area contributed by atoms with Crippen LogP contribution in [0.2, 0.25) is 0 Å². The van der Waals surface area contributed by atoms with Crippen LogP contribution < -0.4 is 20.1 Å². The topological polar surface area (TPSA) is 124 Å². The molecule has 4 rings (SSSR count). The fourth-order valence-corrected chi connectivity index (χ4v) is 4.24. The van der Waals surface area contributed by atoms with Crippen LogP contribution in [-0.4, -0.2) is 95.8 Å². The second-order valence-corrected chi connectivity index (χ2v) is 10.2. The van der Waals surface area contributed by atoms with Crippen molar-refractivity contribution in [2.75, 3.05) is 65.0 Å². The maximum atomic E-state index is 11.8. The van der Waals surface area contributed by atoms with Crippen molar-refractivity contribution in [1.82, 2.24) is 29.8 Å². The Morgan fingerprint density at radius 1 is 1.11 bits per heavy atom. The van der Waals surface area contributed by atoms with E-state index in [1.54, 1.807) is 7.11 Å². The van der Waals surface area contributed by atoms with E-state index >= 15 is 0 Å². The van der Waals surface area contributed by atoms with Crippen molar-refractivity contribution < 1.29 is 23.7 Å². The van der Waals surface area contributed by atoms with Gasteiger partial charge in [-0.05, 0) is 40.5 Å². The van der Waals surface area contributed by atoms with Gasteiger partial charge in [-0.1, -0.05) is 0 Å². The molecular formula is C26H39N7O5. The van der Waals surface area contributed by atoms with Crippen LogP contribution in [0.4, 0.5) is 10.6 Å². The Labute approximate surface area is 223 Å². The highest BCUT2D eigenvalue weighted by Crippen LogP contribution is 2.33. The van der Waals surface area contributed by atoms with Crippen LogP contribution in [0.1, 0.15) is 39.4 Å². The Morgan fingerprint density at radius 3 is 2.61 bits per heavy atom. The summed E-state index contributed by atoms with van der Waals surface area (Å²) in [6.07, 6.45) is 1.22. The van der Waals surface area contributed by atoms with E-state index in [2.05, 4.69) is 25.7 Å². The molecule has 1 amide bonds. The molecule has 0 saturated carbocycles. The van der Waals surface area contributed by atoms with Gasteiger partial charge in [0.2, 0.25) is 5.65 Å². The highest BCUT2D eigenvalue weighted by molar-refractivity contribution is 5.85. The molecule has 0 spiro atoms. The highest BCUT2D eigenvalue weighted by atomic mass is 16.6. The Morgan fingerprint density at radius 2 is 1.87 bits per heavy atom.